The summed E-state index contributed by atoms with van der Waals surface area (Å²) < 4.78 is 15.3. The van der Waals surface area contributed by atoms with E-state index >= 15 is 0 Å². The Morgan fingerprint density at radius 3 is 2.35 bits per heavy atom. The fourth-order valence-corrected chi connectivity index (χ4v) is 1.91. The molecule has 23 heavy (non-hydrogen) atoms. The summed E-state index contributed by atoms with van der Waals surface area (Å²) in [5.74, 6) is -0.0613. The van der Waals surface area contributed by atoms with Crippen molar-refractivity contribution >= 4 is 17.9 Å². The van der Waals surface area contributed by atoms with Crippen molar-refractivity contribution in [2.24, 2.45) is 0 Å². The lowest BCUT2D eigenvalue weighted by molar-refractivity contribution is -0.152. The summed E-state index contributed by atoms with van der Waals surface area (Å²) in [5.41, 5.74) is 0. The average Bonchev–Trinajstić information content (AvgIpc) is 2.98. The van der Waals surface area contributed by atoms with Gasteiger partial charge in [0.15, 0.2) is 13.2 Å². The summed E-state index contributed by atoms with van der Waals surface area (Å²) in [5, 5.41) is 2.49. The summed E-state index contributed by atoms with van der Waals surface area (Å²) in [7, 11) is 0. The quantitative estimate of drug-likeness (QED) is 0.737. The number of carbonyl (C=O) groups is 3. The minimum absolute atomic E-state index is 0.276. The van der Waals surface area contributed by atoms with E-state index in [1.165, 1.54) is 0 Å². The monoisotopic (exact) mass is 322 g/mol. The van der Waals surface area contributed by atoms with Crippen molar-refractivity contribution < 1.29 is 28.6 Å². The zero-order chi connectivity index (χ0) is 16.7. The van der Waals surface area contributed by atoms with Gasteiger partial charge < -0.3 is 19.5 Å². The van der Waals surface area contributed by atoms with E-state index in [4.69, 9.17) is 14.2 Å². The van der Waals surface area contributed by atoms with Gasteiger partial charge in [-0.05, 0) is 31.2 Å². The van der Waals surface area contributed by atoms with Crippen LogP contribution in [0.5, 0.6) is 11.5 Å². The molecule has 1 aromatic rings. The second-order valence-corrected chi connectivity index (χ2v) is 4.63. The lowest BCUT2D eigenvalue weighted by Crippen LogP contribution is -2.37. The third-order valence-electron chi connectivity index (χ3n) is 3.01. The molecule has 0 aromatic heterocycles. The number of benzene rings is 1. The predicted octanol–water partition coefficient (Wildman–Crippen LogP) is 0.559. The number of carbonyl (C=O) groups excluding carboxylic acids is 3. The highest BCUT2D eigenvalue weighted by molar-refractivity contribution is 5.96. The smallest absolute Gasteiger partial charge is 0.344 e. The molecule has 0 aliphatic carbocycles. The Bertz CT molecular complexity index is 572. The lowest BCUT2D eigenvalue weighted by Gasteiger charge is -2.12. The normalized spacial score (nSPS) is 13.4. The lowest BCUT2D eigenvalue weighted by atomic mass is 10.3. The minimum atomic E-state index is -0.688. The summed E-state index contributed by atoms with van der Waals surface area (Å²) in [6.45, 7) is 2.31. The van der Waals surface area contributed by atoms with E-state index in [-0.39, 0.29) is 13.2 Å². The highest BCUT2D eigenvalue weighted by Gasteiger charge is 2.26. The predicted molar refractivity (Wildman–Crippen MR) is 79.2 cm³/mol. The van der Waals surface area contributed by atoms with Crippen molar-refractivity contribution in [3.63, 3.8) is 0 Å². The van der Waals surface area contributed by atoms with Gasteiger partial charge in [0.25, 0.3) is 5.91 Å². The van der Waals surface area contributed by atoms with Crippen LogP contribution in [0.15, 0.2) is 24.3 Å². The number of nitrogens with one attached hydrogen (secondary N) is 1. The molecule has 8 nitrogen and oxygen atoms in total. The van der Waals surface area contributed by atoms with Gasteiger partial charge in [-0.3, -0.25) is 9.69 Å². The van der Waals surface area contributed by atoms with Crippen LogP contribution < -0.4 is 14.8 Å². The Balaban J connectivity index is 1.70. The molecular formula is C15H18N2O6. The van der Waals surface area contributed by atoms with Crippen LogP contribution in [0.4, 0.5) is 4.79 Å². The first kappa shape index (κ1) is 16.6. The fourth-order valence-electron chi connectivity index (χ4n) is 1.91. The molecule has 1 N–H and O–H groups in total. The Labute approximate surface area is 133 Å². The number of hydrogen-bond acceptors (Lipinski definition) is 6. The third-order valence-corrected chi connectivity index (χ3v) is 3.01. The van der Waals surface area contributed by atoms with Gasteiger partial charge in [-0.15, -0.1) is 0 Å². The number of imide groups is 1. The summed E-state index contributed by atoms with van der Waals surface area (Å²) in [6, 6.07) is 6.30. The minimum Gasteiger partial charge on any atom is -0.494 e. The van der Waals surface area contributed by atoms with Crippen molar-refractivity contribution in [3.05, 3.63) is 24.3 Å². The standard InChI is InChI=1S/C15H18N2O6/c1-2-21-11-3-5-12(6-4-11)22-10-14(19)23-9-13(18)17-8-7-16-15(17)20/h3-6H,2,7-10H2,1H3,(H,16,20). The number of ether oxygens (including phenoxy) is 3. The first-order chi connectivity index (χ1) is 11.1. The Morgan fingerprint density at radius 2 is 1.78 bits per heavy atom. The van der Waals surface area contributed by atoms with Crippen molar-refractivity contribution in [1.82, 2.24) is 10.2 Å². The van der Waals surface area contributed by atoms with Crippen LogP contribution in [0, 0.1) is 0 Å². The van der Waals surface area contributed by atoms with E-state index in [9.17, 15) is 14.4 Å². The van der Waals surface area contributed by atoms with Crippen molar-refractivity contribution in [2.75, 3.05) is 32.9 Å². The van der Waals surface area contributed by atoms with Gasteiger partial charge in [0.05, 0.1) is 6.61 Å². The number of amides is 3. The maximum absolute atomic E-state index is 11.7. The van der Waals surface area contributed by atoms with Crippen LogP contribution in [0.1, 0.15) is 6.92 Å². The third kappa shape index (κ3) is 4.87. The van der Waals surface area contributed by atoms with E-state index in [1.807, 2.05) is 6.92 Å². The van der Waals surface area contributed by atoms with E-state index in [1.54, 1.807) is 24.3 Å². The number of nitrogens with zero attached hydrogens (tertiary/aromatic N) is 1. The molecular weight excluding hydrogens is 304 g/mol. The molecule has 0 bridgehead atoms. The van der Waals surface area contributed by atoms with E-state index in [0.717, 1.165) is 4.90 Å². The molecule has 1 fully saturated rings. The molecule has 1 aliphatic heterocycles. The Morgan fingerprint density at radius 1 is 1.13 bits per heavy atom. The summed E-state index contributed by atoms with van der Waals surface area (Å²) in [6.07, 6.45) is 0. The van der Waals surface area contributed by atoms with Crippen LogP contribution >= 0.6 is 0 Å². The van der Waals surface area contributed by atoms with Crippen LogP contribution in [0.25, 0.3) is 0 Å². The van der Waals surface area contributed by atoms with Crippen molar-refractivity contribution in [1.29, 1.82) is 0 Å². The fraction of sp³-hybridized carbons (Fsp3) is 0.400. The zero-order valence-corrected chi connectivity index (χ0v) is 12.7. The zero-order valence-electron chi connectivity index (χ0n) is 12.7. The molecule has 0 unspecified atom stereocenters. The van der Waals surface area contributed by atoms with E-state index in [2.05, 4.69) is 5.32 Å². The molecule has 1 heterocycles. The largest absolute Gasteiger partial charge is 0.494 e. The average molecular weight is 322 g/mol. The molecule has 1 saturated heterocycles. The van der Waals surface area contributed by atoms with Gasteiger partial charge in [0, 0.05) is 13.1 Å². The van der Waals surface area contributed by atoms with Gasteiger partial charge >= 0.3 is 12.0 Å². The van der Waals surface area contributed by atoms with Gasteiger partial charge in [-0.25, -0.2) is 9.59 Å². The van der Waals surface area contributed by atoms with Gasteiger partial charge in [-0.2, -0.15) is 0 Å². The number of rotatable bonds is 7. The van der Waals surface area contributed by atoms with Crippen LogP contribution in [0.3, 0.4) is 0 Å². The first-order valence-electron chi connectivity index (χ1n) is 7.19. The van der Waals surface area contributed by atoms with E-state index in [0.29, 0.717) is 24.7 Å². The molecule has 2 rings (SSSR count). The molecule has 0 radical (unpaired) electrons. The Hall–Kier alpha value is -2.77. The molecule has 1 aromatic carbocycles. The second-order valence-electron chi connectivity index (χ2n) is 4.63. The van der Waals surface area contributed by atoms with Crippen molar-refractivity contribution in [3.8, 4) is 11.5 Å². The molecule has 0 spiro atoms. The summed E-state index contributed by atoms with van der Waals surface area (Å²) in [4.78, 5) is 35.5. The number of urea groups is 1. The van der Waals surface area contributed by atoms with Gasteiger partial charge in [0.1, 0.15) is 11.5 Å². The molecule has 1 aliphatic rings. The van der Waals surface area contributed by atoms with Gasteiger partial charge in [0.2, 0.25) is 0 Å². The summed E-state index contributed by atoms with van der Waals surface area (Å²) >= 11 is 0. The maximum Gasteiger partial charge on any atom is 0.344 e. The first-order valence-corrected chi connectivity index (χ1v) is 7.19. The highest BCUT2D eigenvalue weighted by atomic mass is 16.6. The van der Waals surface area contributed by atoms with Crippen LogP contribution in [0.2, 0.25) is 0 Å². The molecule has 0 saturated carbocycles. The van der Waals surface area contributed by atoms with Crippen molar-refractivity contribution in [2.45, 2.75) is 6.92 Å². The SMILES string of the molecule is CCOc1ccc(OCC(=O)OCC(=O)N2CCNC2=O)cc1. The molecule has 8 heteroatoms. The van der Waals surface area contributed by atoms with E-state index < -0.39 is 24.5 Å². The molecule has 0 atom stereocenters. The highest BCUT2D eigenvalue weighted by Crippen LogP contribution is 2.17. The van der Waals surface area contributed by atoms with Crippen LogP contribution in [-0.4, -0.2) is 55.7 Å². The second kappa shape index (κ2) is 8.02. The maximum atomic E-state index is 11.7. The molecule has 124 valence electrons. The Kier molecular flexibility index (Phi) is 5.79. The number of esters is 1. The van der Waals surface area contributed by atoms with Gasteiger partial charge in [-0.1, -0.05) is 0 Å². The topological polar surface area (TPSA) is 94.2 Å². The number of hydrogen-bond donors (Lipinski definition) is 1. The molecule has 3 amide bonds. The van der Waals surface area contributed by atoms with Crippen LogP contribution in [-0.2, 0) is 14.3 Å².